The van der Waals surface area contributed by atoms with Crippen LogP contribution in [-0.4, -0.2) is 34.8 Å². The Hall–Kier alpha value is -1.89. The van der Waals surface area contributed by atoms with Gasteiger partial charge in [0.15, 0.2) is 11.5 Å². The molecule has 0 amide bonds. The molecule has 0 saturated carbocycles. The molecule has 3 aliphatic rings. The van der Waals surface area contributed by atoms with Crippen molar-refractivity contribution in [3.05, 3.63) is 69.2 Å². The summed E-state index contributed by atoms with van der Waals surface area (Å²) in [6, 6.07) is 0. The minimum atomic E-state index is -1.05. The lowest BCUT2D eigenvalue weighted by atomic mass is 10.2. The van der Waals surface area contributed by atoms with E-state index in [1.165, 1.54) is 50.5 Å². The number of hydrogen-bond donors (Lipinski definition) is 1. The fraction of sp³-hybridized carbons (Fsp3) is 0.375. The maximum absolute atomic E-state index is 11.6. The van der Waals surface area contributed by atoms with Gasteiger partial charge in [-0.25, -0.2) is 9.98 Å². The molecule has 0 spiro atoms. The van der Waals surface area contributed by atoms with Crippen LogP contribution in [0.2, 0.25) is 0 Å². The van der Waals surface area contributed by atoms with Gasteiger partial charge in [0.2, 0.25) is 0 Å². The van der Waals surface area contributed by atoms with E-state index >= 15 is 0 Å². The Balaban J connectivity index is 0.000000387. The normalized spacial score (nSPS) is 18.4. The van der Waals surface area contributed by atoms with Crippen LogP contribution < -0.4 is 5.32 Å². The Labute approximate surface area is 202 Å². The Morgan fingerprint density at radius 2 is 1.97 bits per heavy atom. The lowest BCUT2D eigenvalue weighted by Gasteiger charge is -2.08. The molecule has 0 aromatic carbocycles. The highest BCUT2D eigenvalue weighted by Gasteiger charge is 2.15. The zero-order valence-corrected chi connectivity index (χ0v) is 21.2. The topological polar surface area (TPSA) is 67.5 Å². The smallest absolute Gasteiger partial charge is 0.195 e. The van der Waals surface area contributed by atoms with Crippen molar-refractivity contribution in [3.63, 3.8) is 0 Å². The standard InChI is InChI=1S/C17H13ClN2O2S2.C5H11N.C2H6/c1-24(21)14-6-2-4-12(8-9-14)16-17(22-11-20-16)23-15-7-3-5-13(18)10-19-15;1-2-4-6-5-3-1;1-2/h2,5-11H,3H2,1H3;6H,1-5H2;1-2H3. The Morgan fingerprint density at radius 3 is 2.62 bits per heavy atom. The summed E-state index contributed by atoms with van der Waals surface area (Å²) < 4.78 is 17.1. The number of hydrogen-bond acceptors (Lipinski definition) is 6. The van der Waals surface area contributed by atoms with Crippen LogP contribution in [0.4, 0.5) is 0 Å². The van der Waals surface area contributed by atoms with Crippen LogP contribution >= 0.6 is 23.4 Å². The van der Waals surface area contributed by atoms with Crippen molar-refractivity contribution in [2.24, 2.45) is 4.99 Å². The van der Waals surface area contributed by atoms with Gasteiger partial charge in [0.05, 0.1) is 5.03 Å². The highest BCUT2D eigenvalue weighted by molar-refractivity contribution is 8.03. The molecule has 1 aromatic rings. The van der Waals surface area contributed by atoms with Crippen LogP contribution in [-0.2, 0) is 10.8 Å². The summed E-state index contributed by atoms with van der Waals surface area (Å²) in [6.07, 6.45) is 20.6. The summed E-state index contributed by atoms with van der Waals surface area (Å²) in [5, 5.41) is 5.31. The molecule has 1 unspecified atom stereocenters. The van der Waals surface area contributed by atoms with Crippen LogP contribution in [0, 0.1) is 0 Å². The third-order valence-corrected chi connectivity index (χ3v) is 6.49. The van der Waals surface area contributed by atoms with Gasteiger partial charge >= 0.3 is 0 Å². The minimum Gasteiger partial charge on any atom is -0.436 e. The molecule has 1 aliphatic carbocycles. The first-order chi connectivity index (χ1) is 15.6. The molecule has 172 valence electrons. The molecule has 4 rings (SSSR count). The number of thioether (sulfide) groups is 1. The van der Waals surface area contributed by atoms with Gasteiger partial charge < -0.3 is 9.73 Å². The van der Waals surface area contributed by atoms with E-state index in [2.05, 4.69) is 21.0 Å². The first-order valence-electron chi connectivity index (χ1n) is 10.7. The zero-order valence-electron chi connectivity index (χ0n) is 18.8. The van der Waals surface area contributed by atoms with Crippen molar-refractivity contribution in [3.8, 4) is 0 Å². The third kappa shape index (κ3) is 8.93. The molecular weight excluding hydrogens is 462 g/mol. The fourth-order valence-corrected chi connectivity index (χ4v) is 4.26. The lowest BCUT2D eigenvalue weighted by Crippen LogP contribution is -2.21. The predicted molar refractivity (Wildman–Crippen MR) is 138 cm³/mol. The second-order valence-electron chi connectivity index (χ2n) is 6.61. The summed E-state index contributed by atoms with van der Waals surface area (Å²) in [5.41, 5.74) is 4.57. The number of oxazole rings is 1. The van der Waals surface area contributed by atoms with E-state index in [9.17, 15) is 4.21 Å². The molecular formula is C24H30ClN3O2S2. The number of halogens is 1. The van der Waals surface area contributed by atoms with E-state index in [4.69, 9.17) is 16.0 Å². The molecule has 3 heterocycles. The SMILES string of the molecule is C1CCNCC1.CC.CS(=O)C1=CC=C=C(c2ncoc2SC2=CCC=C(Cl)C=N2)C=C1. The predicted octanol–water partition coefficient (Wildman–Crippen LogP) is 6.36. The largest absolute Gasteiger partial charge is 0.436 e. The van der Waals surface area contributed by atoms with Gasteiger partial charge in [-0.1, -0.05) is 37.9 Å². The van der Waals surface area contributed by atoms with Crippen molar-refractivity contribution >= 4 is 46.0 Å². The average Bonchev–Trinajstić information content (AvgIpc) is 3.00. The number of piperidine rings is 1. The second-order valence-corrected chi connectivity index (χ2v) is 9.42. The molecule has 8 heteroatoms. The fourth-order valence-electron chi connectivity index (χ4n) is 2.78. The van der Waals surface area contributed by atoms with E-state index in [-0.39, 0.29) is 0 Å². The quantitative estimate of drug-likeness (QED) is 0.496. The summed E-state index contributed by atoms with van der Waals surface area (Å²) in [4.78, 5) is 9.33. The first-order valence-corrected chi connectivity index (χ1v) is 13.5. The van der Waals surface area contributed by atoms with Gasteiger partial charge in [0, 0.05) is 33.7 Å². The number of aromatic nitrogens is 1. The average molecular weight is 492 g/mol. The summed E-state index contributed by atoms with van der Waals surface area (Å²) in [5.74, 6) is 0. The first kappa shape index (κ1) is 26.4. The van der Waals surface area contributed by atoms with Gasteiger partial charge in [-0.2, -0.15) is 0 Å². The van der Waals surface area contributed by atoms with Gasteiger partial charge in [-0.15, -0.1) is 5.73 Å². The van der Waals surface area contributed by atoms with E-state index < -0.39 is 10.8 Å². The highest BCUT2D eigenvalue weighted by Crippen LogP contribution is 2.34. The lowest BCUT2D eigenvalue weighted by molar-refractivity contribution is 0.469. The van der Waals surface area contributed by atoms with Gasteiger partial charge in [0.25, 0.3) is 0 Å². The summed E-state index contributed by atoms with van der Waals surface area (Å²) in [7, 11) is -1.05. The maximum atomic E-state index is 11.6. The molecule has 2 aliphatic heterocycles. The zero-order chi connectivity index (χ0) is 23.2. The van der Waals surface area contributed by atoms with Crippen LogP contribution in [0.25, 0.3) is 5.57 Å². The molecule has 0 radical (unpaired) electrons. The van der Waals surface area contributed by atoms with Crippen molar-refractivity contribution in [1.82, 2.24) is 10.3 Å². The highest BCUT2D eigenvalue weighted by atomic mass is 35.5. The number of nitrogens with zero attached hydrogens (tertiary/aromatic N) is 2. The molecule has 0 bridgehead atoms. The van der Waals surface area contributed by atoms with Crippen LogP contribution in [0.1, 0.15) is 45.2 Å². The Kier molecular flexibility index (Phi) is 12.4. The van der Waals surface area contributed by atoms with Crippen molar-refractivity contribution in [2.75, 3.05) is 19.3 Å². The molecule has 32 heavy (non-hydrogen) atoms. The summed E-state index contributed by atoms with van der Waals surface area (Å²) >= 11 is 7.33. The van der Waals surface area contributed by atoms with Crippen molar-refractivity contribution in [1.29, 1.82) is 0 Å². The third-order valence-electron chi connectivity index (χ3n) is 4.35. The van der Waals surface area contributed by atoms with E-state index in [0.717, 1.165) is 15.5 Å². The minimum absolute atomic E-state index is 0.614. The van der Waals surface area contributed by atoms with Crippen molar-refractivity contribution in [2.45, 2.75) is 44.6 Å². The number of nitrogens with one attached hydrogen (secondary N) is 1. The Bertz CT molecular complexity index is 981. The molecule has 1 fully saturated rings. The number of aliphatic imine (C=N–C) groups is 1. The Morgan fingerprint density at radius 1 is 1.19 bits per heavy atom. The monoisotopic (exact) mass is 491 g/mol. The molecule has 1 aromatic heterocycles. The van der Waals surface area contributed by atoms with Crippen LogP contribution in [0.15, 0.2) is 78.0 Å². The van der Waals surface area contributed by atoms with E-state index in [1.54, 1.807) is 30.7 Å². The van der Waals surface area contributed by atoms with Gasteiger partial charge in [-0.05, 0) is 74.5 Å². The molecule has 1 atom stereocenters. The van der Waals surface area contributed by atoms with Crippen LogP contribution in [0.3, 0.4) is 0 Å². The van der Waals surface area contributed by atoms with E-state index in [1.807, 2.05) is 32.1 Å². The van der Waals surface area contributed by atoms with Crippen LogP contribution in [0.5, 0.6) is 0 Å². The molecule has 5 nitrogen and oxygen atoms in total. The summed E-state index contributed by atoms with van der Waals surface area (Å²) in [6.45, 7) is 6.50. The second kappa shape index (κ2) is 15.0. The molecule has 1 saturated heterocycles. The number of rotatable bonds is 4. The number of allylic oxidation sites excluding steroid dienone is 7. The van der Waals surface area contributed by atoms with Gasteiger partial charge in [0.1, 0.15) is 10.7 Å². The molecule has 1 N–H and O–H groups in total. The van der Waals surface area contributed by atoms with Crippen molar-refractivity contribution < 1.29 is 8.63 Å². The van der Waals surface area contributed by atoms with Gasteiger partial charge in [-0.3, -0.25) is 4.21 Å². The maximum Gasteiger partial charge on any atom is 0.195 e. The van der Waals surface area contributed by atoms with E-state index in [0.29, 0.717) is 22.2 Å².